The first-order valence-corrected chi connectivity index (χ1v) is 10.2. The Labute approximate surface area is 157 Å². The normalized spacial score (nSPS) is 20.1. The van der Waals surface area contributed by atoms with Gasteiger partial charge in [-0.25, -0.2) is 9.50 Å². The molecule has 1 amide bonds. The topological polar surface area (TPSA) is 50.5 Å². The van der Waals surface area contributed by atoms with Crippen LogP contribution in [0.15, 0.2) is 28.2 Å². The number of nitrogens with zero attached hydrogens (tertiary/aromatic N) is 4. The number of hydrogen-bond acceptors (Lipinski definition) is 4. The molecule has 7 heteroatoms. The van der Waals surface area contributed by atoms with Crippen molar-refractivity contribution in [2.24, 2.45) is 0 Å². The van der Waals surface area contributed by atoms with Crippen LogP contribution in [-0.2, 0) is 6.42 Å². The Balaban J connectivity index is 1.56. The van der Waals surface area contributed by atoms with Crippen LogP contribution in [-0.4, -0.2) is 31.9 Å². The summed E-state index contributed by atoms with van der Waals surface area (Å²) >= 11 is 5.21. The molecule has 0 aromatic carbocycles. The Morgan fingerprint density at radius 1 is 1.36 bits per heavy atom. The van der Waals surface area contributed by atoms with Crippen LogP contribution in [0.1, 0.15) is 58.3 Å². The molecule has 1 aliphatic heterocycles. The Kier molecular flexibility index (Phi) is 3.50. The maximum absolute atomic E-state index is 13.2. The predicted octanol–water partition coefficient (Wildman–Crippen LogP) is 4.19. The van der Waals surface area contributed by atoms with Gasteiger partial charge in [0.05, 0.1) is 6.04 Å². The summed E-state index contributed by atoms with van der Waals surface area (Å²) < 4.78 is 2.62. The summed E-state index contributed by atoms with van der Waals surface area (Å²) in [4.78, 5) is 21.2. The van der Waals surface area contributed by atoms with Crippen LogP contribution in [0, 0.1) is 0 Å². The molecule has 1 aliphatic carbocycles. The maximum atomic E-state index is 13.2. The summed E-state index contributed by atoms with van der Waals surface area (Å²) in [5.41, 5.74) is 3.65. The highest BCUT2D eigenvalue weighted by Crippen LogP contribution is 2.40. The van der Waals surface area contributed by atoms with Gasteiger partial charge < -0.3 is 4.90 Å². The molecule has 1 fully saturated rings. The molecule has 3 aromatic heterocycles. The van der Waals surface area contributed by atoms with Crippen molar-refractivity contribution in [3.05, 3.63) is 50.0 Å². The molecule has 0 N–H and O–H groups in total. The molecule has 1 unspecified atom stereocenters. The maximum Gasteiger partial charge on any atom is 0.273 e. The van der Waals surface area contributed by atoms with Crippen LogP contribution in [0.4, 0.5) is 0 Å². The monoisotopic (exact) mass is 416 g/mol. The molecular formula is C18H17BrN4OS. The van der Waals surface area contributed by atoms with Crippen LogP contribution in [0.5, 0.6) is 0 Å². The van der Waals surface area contributed by atoms with E-state index in [0.29, 0.717) is 11.6 Å². The molecule has 0 spiro atoms. The average Bonchev–Trinajstić information content (AvgIpc) is 3.19. The highest BCUT2D eigenvalue weighted by molar-refractivity contribution is 9.10. The van der Waals surface area contributed by atoms with Crippen LogP contribution in [0.2, 0.25) is 0 Å². The van der Waals surface area contributed by atoms with Crippen LogP contribution < -0.4 is 0 Å². The number of amides is 1. The van der Waals surface area contributed by atoms with Crippen LogP contribution in [0.3, 0.4) is 0 Å². The molecule has 0 radical (unpaired) electrons. The fourth-order valence-corrected chi connectivity index (χ4v) is 5.01. The summed E-state index contributed by atoms with van der Waals surface area (Å²) in [5.74, 6) is 0.511. The second kappa shape index (κ2) is 5.64. The minimum Gasteiger partial charge on any atom is -0.330 e. The number of carbonyl (C=O) groups excluding carboxylic acids is 1. The highest BCUT2D eigenvalue weighted by atomic mass is 79.9. The number of aromatic nitrogens is 3. The Morgan fingerprint density at radius 3 is 3.00 bits per heavy atom. The minimum atomic E-state index is 0.0195. The van der Waals surface area contributed by atoms with E-state index in [0.717, 1.165) is 41.8 Å². The van der Waals surface area contributed by atoms with E-state index in [1.54, 1.807) is 11.3 Å². The molecule has 5 rings (SSSR count). The smallest absolute Gasteiger partial charge is 0.273 e. The van der Waals surface area contributed by atoms with Crippen molar-refractivity contribution in [2.75, 3.05) is 6.54 Å². The van der Waals surface area contributed by atoms with E-state index in [4.69, 9.17) is 0 Å². The SMILES string of the molecule is CC1c2ccsc2CCN1C(=O)c1cc(C2CC2)n2nc(Br)cc2n1. The van der Waals surface area contributed by atoms with E-state index in [2.05, 4.69) is 44.4 Å². The number of carbonyl (C=O) groups is 1. The Bertz CT molecular complexity index is 990. The van der Waals surface area contributed by atoms with Crippen LogP contribution >= 0.6 is 27.3 Å². The van der Waals surface area contributed by atoms with Crippen molar-refractivity contribution in [2.45, 2.75) is 38.1 Å². The van der Waals surface area contributed by atoms with Crippen molar-refractivity contribution < 1.29 is 4.79 Å². The summed E-state index contributed by atoms with van der Waals surface area (Å²) in [6.07, 6.45) is 3.24. The highest BCUT2D eigenvalue weighted by Gasteiger charge is 2.32. The molecule has 25 heavy (non-hydrogen) atoms. The first kappa shape index (κ1) is 15.5. The average molecular weight is 417 g/mol. The van der Waals surface area contributed by atoms with Gasteiger partial charge >= 0.3 is 0 Å². The second-order valence-electron chi connectivity index (χ2n) is 6.80. The van der Waals surface area contributed by atoms with Crippen molar-refractivity contribution in [1.29, 1.82) is 0 Å². The van der Waals surface area contributed by atoms with Gasteiger partial charge in [-0.2, -0.15) is 5.10 Å². The third-order valence-electron chi connectivity index (χ3n) is 5.18. The molecule has 0 saturated heterocycles. The van der Waals surface area contributed by atoms with E-state index < -0.39 is 0 Å². The number of fused-ring (bicyclic) bond motifs is 2. The lowest BCUT2D eigenvalue weighted by Gasteiger charge is -2.33. The van der Waals surface area contributed by atoms with Crippen molar-refractivity contribution >= 4 is 38.8 Å². The lowest BCUT2D eigenvalue weighted by molar-refractivity contribution is 0.0673. The summed E-state index contributed by atoms with van der Waals surface area (Å²) in [7, 11) is 0. The largest absolute Gasteiger partial charge is 0.330 e. The molecule has 4 heterocycles. The third-order valence-corrected chi connectivity index (χ3v) is 6.56. The summed E-state index contributed by atoms with van der Waals surface area (Å²) in [6, 6.07) is 6.06. The van der Waals surface area contributed by atoms with Crippen molar-refractivity contribution in [3.63, 3.8) is 0 Å². The standard InChI is InChI=1S/C18H17BrN4OS/c1-10-12-5-7-25-15(12)4-6-22(10)18(24)13-8-14(11-2-3-11)23-17(20-13)9-16(19)21-23/h5,7-11H,2-4,6H2,1H3. The fourth-order valence-electron chi connectivity index (χ4n) is 3.68. The fraction of sp³-hybridized carbons (Fsp3) is 0.389. The van der Waals surface area contributed by atoms with Gasteiger partial charge in [-0.05, 0) is 65.2 Å². The van der Waals surface area contributed by atoms with E-state index in [9.17, 15) is 4.79 Å². The Hall–Kier alpha value is -1.73. The zero-order valence-corrected chi connectivity index (χ0v) is 16.2. The minimum absolute atomic E-state index is 0.0195. The van der Waals surface area contributed by atoms with E-state index in [1.807, 2.05) is 21.5 Å². The molecule has 1 saturated carbocycles. The van der Waals surface area contributed by atoms with Crippen LogP contribution in [0.25, 0.3) is 5.65 Å². The zero-order chi connectivity index (χ0) is 17.1. The quantitative estimate of drug-likeness (QED) is 0.628. The van der Waals surface area contributed by atoms with Gasteiger partial charge in [-0.3, -0.25) is 4.79 Å². The molecule has 3 aromatic rings. The number of thiophene rings is 1. The summed E-state index contributed by atoms with van der Waals surface area (Å²) in [6.45, 7) is 2.86. The summed E-state index contributed by atoms with van der Waals surface area (Å²) in [5, 5.41) is 6.59. The molecular weight excluding hydrogens is 400 g/mol. The van der Waals surface area contributed by atoms with Gasteiger partial charge in [-0.15, -0.1) is 11.3 Å². The lowest BCUT2D eigenvalue weighted by Crippen LogP contribution is -2.38. The van der Waals surface area contributed by atoms with E-state index >= 15 is 0 Å². The Morgan fingerprint density at radius 2 is 2.20 bits per heavy atom. The van der Waals surface area contributed by atoms with Gasteiger partial charge in [0.15, 0.2) is 5.65 Å². The van der Waals surface area contributed by atoms with E-state index in [-0.39, 0.29) is 11.9 Å². The number of hydrogen-bond donors (Lipinski definition) is 0. The number of halogens is 1. The molecule has 5 nitrogen and oxygen atoms in total. The van der Waals surface area contributed by atoms with Crippen molar-refractivity contribution in [3.8, 4) is 0 Å². The van der Waals surface area contributed by atoms with Gasteiger partial charge in [0, 0.05) is 29.1 Å². The van der Waals surface area contributed by atoms with Crippen molar-refractivity contribution in [1.82, 2.24) is 19.5 Å². The second-order valence-corrected chi connectivity index (χ2v) is 8.61. The van der Waals surface area contributed by atoms with E-state index in [1.165, 1.54) is 10.4 Å². The lowest BCUT2D eigenvalue weighted by atomic mass is 10.0. The first-order valence-electron chi connectivity index (χ1n) is 8.55. The van der Waals surface area contributed by atoms with Gasteiger partial charge in [0.2, 0.25) is 0 Å². The molecule has 0 bridgehead atoms. The third kappa shape index (κ3) is 2.52. The van der Waals surface area contributed by atoms with Gasteiger partial charge in [0.25, 0.3) is 5.91 Å². The molecule has 128 valence electrons. The zero-order valence-electron chi connectivity index (χ0n) is 13.8. The van der Waals surface area contributed by atoms with Gasteiger partial charge in [0.1, 0.15) is 10.3 Å². The number of rotatable bonds is 2. The van der Waals surface area contributed by atoms with Gasteiger partial charge in [-0.1, -0.05) is 0 Å². The first-order chi connectivity index (χ1) is 12.1. The molecule has 1 atom stereocenters. The molecule has 2 aliphatic rings. The predicted molar refractivity (Wildman–Crippen MR) is 100 cm³/mol.